The third kappa shape index (κ3) is 3.17. The Morgan fingerprint density at radius 2 is 2.10 bits per heavy atom. The summed E-state index contributed by atoms with van der Waals surface area (Å²) in [6.07, 6.45) is 0.920. The zero-order valence-corrected chi connectivity index (χ0v) is 13.4. The van der Waals surface area contributed by atoms with E-state index >= 15 is 0 Å². The monoisotopic (exact) mass is 296 g/mol. The molecule has 20 heavy (non-hydrogen) atoms. The van der Waals surface area contributed by atoms with Crippen LogP contribution >= 0.6 is 11.6 Å². The van der Waals surface area contributed by atoms with Crippen molar-refractivity contribution in [2.75, 3.05) is 19.8 Å². The van der Waals surface area contributed by atoms with Crippen LogP contribution in [0, 0.1) is 0 Å². The zero-order valence-electron chi connectivity index (χ0n) is 12.6. The van der Waals surface area contributed by atoms with Crippen molar-refractivity contribution < 1.29 is 4.74 Å². The fourth-order valence-corrected chi connectivity index (χ4v) is 3.20. The highest BCUT2D eigenvalue weighted by molar-refractivity contribution is 6.31. The van der Waals surface area contributed by atoms with Gasteiger partial charge in [0.05, 0.1) is 19.3 Å². The minimum Gasteiger partial charge on any atom is -0.378 e. The molecule has 1 heterocycles. The van der Waals surface area contributed by atoms with Crippen LogP contribution in [0.25, 0.3) is 0 Å². The number of hydrogen-bond donors (Lipinski definition) is 1. The molecule has 1 saturated heterocycles. The molecule has 2 N–H and O–H groups in total. The van der Waals surface area contributed by atoms with Crippen LogP contribution in [0.1, 0.15) is 38.8 Å². The van der Waals surface area contributed by atoms with Crippen LogP contribution in [0.4, 0.5) is 0 Å². The maximum absolute atomic E-state index is 6.43. The Kier molecular flexibility index (Phi) is 5.08. The van der Waals surface area contributed by atoms with E-state index in [1.54, 1.807) is 0 Å². The summed E-state index contributed by atoms with van der Waals surface area (Å²) in [5, 5.41) is 0.795. The SMILES string of the molecule is CCC(N)C(c1ccccc1Cl)N1CCOCC1(C)C. The molecule has 3 nitrogen and oxygen atoms in total. The fourth-order valence-electron chi connectivity index (χ4n) is 2.95. The van der Waals surface area contributed by atoms with E-state index in [2.05, 4.69) is 31.7 Å². The van der Waals surface area contributed by atoms with Crippen molar-refractivity contribution >= 4 is 11.6 Å². The second-order valence-electron chi connectivity index (χ2n) is 6.10. The van der Waals surface area contributed by atoms with E-state index in [1.807, 2.05) is 18.2 Å². The van der Waals surface area contributed by atoms with Gasteiger partial charge in [0.15, 0.2) is 0 Å². The van der Waals surface area contributed by atoms with Gasteiger partial charge in [-0.1, -0.05) is 36.7 Å². The molecular formula is C16H25ClN2O. The molecule has 1 aromatic rings. The molecule has 2 unspecified atom stereocenters. The van der Waals surface area contributed by atoms with Gasteiger partial charge < -0.3 is 10.5 Å². The molecule has 0 spiro atoms. The van der Waals surface area contributed by atoms with Crippen LogP contribution in [0.3, 0.4) is 0 Å². The first-order valence-electron chi connectivity index (χ1n) is 7.32. The highest BCUT2D eigenvalue weighted by Crippen LogP contribution is 2.36. The normalized spacial score (nSPS) is 22.4. The molecule has 0 amide bonds. The summed E-state index contributed by atoms with van der Waals surface area (Å²) in [6.45, 7) is 8.90. The lowest BCUT2D eigenvalue weighted by molar-refractivity contribution is -0.0777. The number of benzene rings is 1. The van der Waals surface area contributed by atoms with Crippen LogP contribution in [-0.4, -0.2) is 36.2 Å². The Morgan fingerprint density at radius 1 is 1.40 bits per heavy atom. The first-order valence-corrected chi connectivity index (χ1v) is 7.69. The minimum atomic E-state index is -0.0329. The highest BCUT2D eigenvalue weighted by Gasteiger charge is 2.38. The molecule has 1 aliphatic rings. The van der Waals surface area contributed by atoms with Gasteiger partial charge in [0.2, 0.25) is 0 Å². The van der Waals surface area contributed by atoms with Gasteiger partial charge in [-0.05, 0) is 31.9 Å². The van der Waals surface area contributed by atoms with Gasteiger partial charge >= 0.3 is 0 Å². The van der Waals surface area contributed by atoms with Gasteiger partial charge in [-0.3, -0.25) is 4.90 Å². The number of rotatable bonds is 4. The van der Waals surface area contributed by atoms with Crippen molar-refractivity contribution in [1.29, 1.82) is 0 Å². The predicted octanol–water partition coefficient (Wildman–Crippen LogP) is 3.23. The lowest BCUT2D eigenvalue weighted by Crippen LogP contribution is -2.57. The predicted molar refractivity (Wildman–Crippen MR) is 84.1 cm³/mol. The van der Waals surface area contributed by atoms with Gasteiger partial charge in [0.1, 0.15) is 0 Å². The molecule has 0 radical (unpaired) electrons. The second-order valence-corrected chi connectivity index (χ2v) is 6.50. The smallest absolute Gasteiger partial charge is 0.0645 e. The molecule has 4 heteroatoms. The van der Waals surface area contributed by atoms with Crippen molar-refractivity contribution in [3.05, 3.63) is 34.9 Å². The van der Waals surface area contributed by atoms with E-state index < -0.39 is 0 Å². The van der Waals surface area contributed by atoms with Crippen LogP contribution in [0.15, 0.2) is 24.3 Å². The Hall–Kier alpha value is -0.610. The number of nitrogens with zero attached hydrogens (tertiary/aromatic N) is 1. The lowest BCUT2D eigenvalue weighted by Gasteiger charge is -2.48. The fraction of sp³-hybridized carbons (Fsp3) is 0.625. The van der Waals surface area contributed by atoms with Gasteiger partial charge in [-0.25, -0.2) is 0 Å². The summed E-state index contributed by atoms with van der Waals surface area (Å²) in [7, 11) is 0. The average molecular weight is 297 g/mol. The van der Waals surface area contributed by atoms with E-state index in [0.29, 0.717) is 0 Å². The maximum atomic E-state index is 6.43. The van der Waals surface area contributed by atoms with Crippen LogP contribution < -0.4 is 5.73 Å². The van der Waals surface area contributed by atoms with Crippen molar-refractivity contribution in [3.63, 3.8) is 0 Å². The Bertz CT molecular complexity index is 450. The zero-order chi connectivity index (χ0) is 14.8. The molecule has 2 atom stereocenters. The first-order chi connectivity index (χ1) is 9.47. The summed E-state index contributed by atoms with van der Waals surface area (Å²) in [5.74, 6) is 0. The third-order valence-corrected chi connectivity index (χ3v) is 4.49. The van der Waals surface area contributed by atoms with E-state index in [-0.39, 0.29) is 17.6 Å². The second kappa shape index (κ2) is 6.44. The van der Waals surface area contributed by atoms with Crippen molar-refractivity contribution in [1.82, 2.24) is 4.90 Å². The van der Waals surface area contributed by atoms with Gasteiger partial charge in [-0.15, -0.1) is 0 Å². The highest BCUT2D eigenvalue weighted by atomic mass is 35.5. The molecule has 0 aromatic heterocycles. The number of nitrogens with two attached hydrogens (primary N) is 1. The molecule has 2 rings (SSSR count). The van der Waals surface area contributed by atoms with E-state index in [0.717, 1.165) is 36.8 Å². The van der Waals surface area contributed by atoms with Crippen molar-refractivity contribution in [3.8, 4) is 0 Å². The molecule has 0 saturated carbocycles. The molecule has 112 valence electrons. The standard InChI is InChI=1S/C16H25ClN2O/c1-4-14(18)15(12-7-5-6-8-13(12)17)19-9-10-20-11-16(19,2)3/h5-8,14-15H,4,9-11,18H2,1-3H3. The quantitative estimate of drug-likeness (QED) is 0.927. The molecule has 1 aliphatic heterocycles. The Labute approximate surface area is 127 Å². The van der Waals surface area contributed by atoms with E-state index in [4.69, 9.17) is 22.1 Å². The summed E-state index contributed by atoms with van der Waals surface area (Å²) >= 11 is 6.42. The van der Waals surface area contributed by atoms with Crippen LogP contribution in [0.2, 0.25) is 5.02 Å². The van der Waals surface area contributed by atoms with Gasteiger partial charge in [-0.2, -0.15) is 0 Å². The summed E-state index contributed by atoms with van der Waals surface area (Å²) < 4.78 is 5.63. The van der Waals surface area contributed by atoms with Gasteiger partial charge in [0.25, 0.3) is 0 Å². The van der Waals surface area contributed by atoms with Crippen LogP contribution in [0.5, 0.6) is 0 Å². The Balaban J connectivity index is 2.40. The van der Waals surface area contributed by atoms with E-state index in [1.165, 1.54) is 0 Å². The summed E-state index contributed by atoms with van der Waals surface area (Å²) in [6, 6.07) is 8.22. The third-order valence-electron chi connectivity index (χ3n) is 4.15. The molecule has 0 bridgehead atoms. The van der Waals surface area contributed by atoms with Crippen LogP contribution in [-0.2, 0) is 4.74 Å². The molecular weight excluding hydrogens is 272 g/mol. The number of morpholine rings is 1. The topological polar surface area (TPSA) is 38.5 Å². The molecule has 0 aliphatic carbocycles. The van der Waals surface area contributed by atoms with Crippen molar-refractivity contribution in [2.24, 2.45) is 5.73 Å². The number of ether oxygens (including phenoxy) is 1. The van der Waals surface area contributed by atoms with E-state index in [9.17, 15) is 0 Å². The first kappa shape index (κ1) is 15.8. The molecule has 1 aromatic carbocycles. The number of hydrogen-bond acceptors (Lipinski definition) is 3. The molecule has 1 fully saturated rings. The maximum Gasteiger partial charge on any atom is 0.0645 e. The largest absolute Gasteiger partial charge is 0.378 e. The average Bonchev–Trinajstić information content (AvgIpc) is 2.42. The van der Waals surface area contributed by atoms with Gasteiger partial charge in [0, 0.05) is 23.1 Å². The Morgan fingerprint density at radius 3 is 2.70 bits per heavy atom. The lowest BCUT2D eigenvalue weighted by atomic mass is 9.90. The van der Waals surface area contributed by atoms with Crippen molar-refractivity contribution in [2.45, 2.75) is 44.8 Å². The number of halogens is 1. The summed E-state index contributed by atoms with van der Waals surface area (Å²) in [5.41, 5.74) is 7.52. The minimum absolute atomic E-state index is 0.0329. The summed E-state index contributed by atoms with van der Waals surface area (Å²) in [4.78, 5) is 2.45.